The average Bonchev–Trinajstić information content (AvgIpc) is 3.08. The van der Waals surface area contributed by atoms with Crippen molar-refractivity contribution in [2.24, 2.45) is 4.99 Å². The first kappa shape index (κ1) is 21.0. The maximum Gasteiger partial charge on any atom is 0.218 e. The zero-order valence-corrected chi connectivity index (χ0v) is 16.9. The number of aromatic nitrogens is 1. The average molecular weight is 448 g/mol. The van der Waals surface area contributed by atoms with Crippen molar-refractivity contribution in [2.45, 2.75) is 45.3 Å². The van der Waals surface area contributed by atoms with Crippen LogP contribution in [0.1, 0.15) is 38.2 Å². The van der Waals surface area contributed by atoms with Gasteiger partial charge in [0.15, 0.2) is 5.96 Å². The first-order valence-corrected chi connectivity index (χ1v) is 8.46. The van der Waals surface area contributed by atoms with Crippen LogP contribution in [-0.2, 0) is 11.3 Å². The predicted octanol–water partition coefficient (Wildman–Crippen LogP) is 2.72. The number of pyridine rings is 1. The zero-order chi connectivity index (χ0) is 16.3. The van der Waals surface area contributed by atoms with Gasteiger partial charge in [-0.1, -0.05) is 6.07 Å². The van der Waals surface area contributed by atoms with E-state index < -0.39 is 0 Å². The standard InChI is InChI=1S/C17H28N4O2.HI/c1-3-22-12-11-20-17(18-2)21-13-14-7-6-10-19-16(14)23-15-8-4-5-9-15;/h6-7,10,15H,3-5,8-9,11-13H2,1-2H3,(H2,18,20,21);1H. The van der Waals surface area contributed by atoms with Gasteiger partial charge < -0.3 is 20.1 Å². The summed E-state index contributed by atoms with van der Waals surface area (Å²) in [6.45, 7) is 4.74. The van der Waals surface area contributed by atoms with Gasteiger partial charge in [0.05, 0.1) is 6.61 Å². The second kappa shape index (κ2) is 12.3. The molecule has 0 bridgehead atoms. The molecule has 0 unspecified atom stereocenters. The number of halogens is 1. The topological polar surface area (TPSA) is 67.8 Å². The van der Waals surface area contributed by atoms with Crippen LogP contribution >= 0.6 is 24.0 Å². The number of nitrogens with zero attached hydrogens (tertiary/aromatic N) is 2. The smallest absolute Gasteiger partial charge is 0.218 e. The van der Waals surface area contributed by atoms with E-state index in [-0.39, 0.29) is 24.0 Å². The van der Waals surface area contributed by atoms with Gasteiger partial charge in [0.25, 0.3) is 0 Å². The molecule has 24 heavy (non-hydrogen) atoms. The van der Waals surface area contributed by atoms with Gasteiger partial charge in [0.2, 0.25) is 5.88 Å². The summed E-state index contributed by atoms with van der Waals surface area (Å²) < 4.78 is 11.4. The minimum absolute atomic E-state index is 0. The molecule has 1 heterocycles. The van der Waals surface area contributed by atoms with Crippen molar-refractivity contribution < 1.29 is 9.47 Å². The third kappa shape index (κ3) is 7.21. The molecule has 6 nitrogen and oxygen atoms in total. The Labute approximate surface area is 161 Å². The molecule has 2 N–H and O–H groups in total. The van der Waals surface area contributed by atoms with Crippen molar-refractivity contribution >= 4 is 29.9 Å². The highest BCUT2D eigenvalue weighted by Gasteiger charge is 2.18. The third-order valence-corrected chi connectivity index (χ3v) is 3.84. The number of nitrogens with one attached hydrogen (secondary N) is 2. The SMILES string of the molecule is CCOCCNC(=NC)NCc1cccnc1OC1CCCC1.I. The van der Waals surface area contributed by atoms with Crippen molar-refractivity contribution in [2.75, 3.05) is 26.8 Å². The van der Waals surface area contributed by atoms with Crippen LogP contribution < -0.4 is 15.4 Å². The molecule has 0 amide bonds. The minimum atomic E-state index is 0. The molecule has 2 rings (SSSR count). The molecule has 7 heteroatoms. The van der Waals surface area contributed by atoms with E-state index in [9.17, 15) is 0 Å². The fourth-order valence-corrected chi connectivity index (χ4v) is 2.61. The molecule has 1 aliphatic rings. The summed E-state index contributed by atoms with van der Waals surface area (Å²) >= 11 is 0. The number of hydrogen-bond donors (Lipinski definition) is 2. The summed E-state index contributed by atoms with van der Waals surface area (Å²) in [6, 6.07) is 3.97. The number of aliphatic imine (C=N–C) groups is 1. The van der Waals surface area contributed by atoms with Crippen LogP contribution in [0.15, 0.2) is 23.3 Å². The molecule has 0 radical (unpaired) electrons. The highest BCUT2D eigenvalue weighted by Crippen LogP contribution is 2.24. The fourth-order valence-electron chi connectivity index (χ4n) is 2.61. The molecule has 0 atom stereocenters. The molecule has 1 aromatic rings. The van der Waals surface area contributed by atoms with E-state index >= 15 is 0 Å². The lowest BCUT2D eigenvalue weighted by Crippen LogP contribution is -2.38. The predicted molar refractivity (Wildman–Crippen MR) is 107 cm³/mol. The van der Waals surface area contributed by atoms with Crippen LogP contribution in [0.25, 0.3) is 0 Å². The Bertz CT molecular complexity index is 493. The number of ether oxygens (including phenoxy) is 2. The summed E-state index contributed by atoms with van der Waals surface area (Å²) in [5.74, 6) is 1.48. The molecule has 0 aliphatic heterocycles. The quantitative estimate of drug-likeness (QED) is 0.277. The molecular weight excluding hydrogens is 419 g/mol. The molecule has 0 saturated heterocycles. The highest BCUT2D eigenvalue weighted by molar-refractivity contribution is 14.0. The van der Waals surface area contributed by atoms with Crippen molar-refractivity contribution in [3.05, 3.63) is 23.9 Å². The lowest BCUT2D eigenvalue weighted by Gasteiger charge is -2.16. The minimum Gasteiger partial charge on any atom is -0.474 e. The third-order valence-electron chi connectivity index (χ3n) is 3.84. The van der Waals surface area contributed by atoms with Gasteiger partial charge in [-0.3, -0.25) is 4.99 Å². The molecular formula is C17H29IN4O2. The second-order valence-electron chi connectivity index (χ2n) is 5.54. The van der Waals surface area contributed by atoms with Crippen molar-refractivity contribution in [3.63, 3.8) is 0 Å². The van der Waals surface area contributed by atoms with E-state index in [4.69, 9.17) is 9.47 Å². The maximum atomic E-state index is 6.05. The van der Waals surface area contributed by atoms with Gasteiger partial charge in [0, 0.05) is 38.5 Å². The molecule has 1 aromatic heterocycles. The van der Waals surface area contributed by atoms with Crippen molar-refractivity contribution in [1.29, 1.82) is 0 Å². The van der Waals surface area contributed by atoms with E-state index in [1.807, 2.05) is 19.1 Å². The molecule has 1 fully saturated rings. The summed E-state index contributed by atoms with van der Waals surface area (Å²) in [7, 11) is 1.76. The molecule has 1 aliphatic carbocycles. The Balaban J connectivity index is 0.00000288. The van der Waals surface area contributed by atoms with Gasteiger partial charge in [-0.25, -0.2) is 4.98 Å². The van der Waals surface area contributed by atoms with Gasteiger partial charge >= 0.3 is 0 Å². The van der Waals surface area contributed by atoms with Gasteiger partial charge in [-0.2, -0.15) is 0 Å². The van der Waals surface area contributed by atoms with Crippen LogP contribution in [0.5, 0.6) is 5.88 Å². The normalized spacial score (nSPS) is 15.0. The summed E-state index contributed by atoms with van der Waals surface area (Å²) in [4.78, 5) is 8.60. The zero-order valence-electron chi connectivity index (χ0n) is 14.6. The fraction of sp³-hybridized carbons (Fsp3) is 0.647. The van der Waals surface area contributed by atoms with Crippen LogP contribution in [0.3, 0.4) is 0 Å². The van der Waals surface area contributed by atoms with E-state index in [0.29, 0.717) is 19.3 Å². The highest BCUT2D eigenvalue weighted by atomic mass is 127. The Morgan fingerprint density at radius 3 is 2.83 bits per heavy atom. The van der Waals surface area contributed by atoms with E-state index in [1.165, 1.54) is 12.8 Å². The molecule has 1 saturated carbocycles. The molecule has 0 aromatic carbocycles. The summed E-state index contributed by atoms with van der Waals surface area (Å²) in [5, 5.41) is 6.51. The van der Waals surface area contributed by atoms with E-state index in [2.05, 4.69) is 20.6 Å². The Hall–Kier alpha value is -1.09. The van der Waals surface area contributed by atoms with Crippen LogP contribution in [0.4, 0.5) is 0 Å². The van der Waals surface area contributed by atoms with Crippen molar-refractivity contribution in [3.8, 4) is 5.88 Å². The molecule has 0 spiro atoms. The van der Waals surface area contributed by atoms with E-state index in [1.54, 1.807) is 13.2 Å². The lowest BCUT2D eigenvalue weighted by atomic mass is 10.2. The summed E-state index contributed by atoms with van der Waals surface area (Å²) in [6.07, 6.45) is 6.85. The van der Waals surface area contributed by atoms with Gasteiger partial charge in [0.1, 0.15) is 6.10 Å². The number of rotatable bonds is 8. The first-order valence-electron chi connectivity index (χ1n) is 8.46. The largest absolute Gasteiger partial charge is 0.474 e. The monoisotopic (exact) mass is 448 g/mol. The Morgan fingerprint density at radius 2 is 2.12 bits per heavy atom. The van der Waals surface area contributed by atoms with Crippen molar-refractivity contribution in [1.82, 2.24) is 15.6 Å². The Morgan fingerprint density at radius 1 is 1.33 bits per heavy atom. The van der Waals surface area contributed by atoms with Gasteiger partial charge in [-0.15, -0.1) is 24.0 Å². The number of hydrogen-bond acceptors (Lipinski definition) is 4. The maximum absolute atomic E-state index is 6.05. The lowest BCUT2D eigenvalue weighted by molar-refractivity contribution is 0.152. The first-order chi connectivity index (χ1) is 11.3. The number of guanidine groups is 1. The Kier molecular flexibility index (Phi) is 10.7. The van der Waals surface area contributed by atoms with Crippen LogP contribution in [-0.4, -0.2) is 43.9 Å². The van der Waals surface area contributed by atoms with Gasteiger partial charge in [-0.05, 0) is 38.7 Å². The van der Waals surface area contributed by atoms with Crippen LogP contribution in [0.2, 0.25) is 0 Å². The second-order valence-corrected chi connectivity index (χ2v) is 5.54. The van der Waals surface area contributed by atoms with Crippen LogP contribution in [0, 0.1) is 0 Å². The summed E-state index contributed by atoms with van der Waals surface area (Å²) in [5.41, 5.74) is 1.05. The molecule has 136 valence electrons. The van der Waals surface area contributed by atoms with E-state index in [0.717, 1.165) is 43.4 Å².